The van der Waals surface area contributed by atoms with Crippen molar-refractivity contribution < 1.29 is 4.79 Å². The van der Waals surface area contributed by atoms with Gasteiger partial charge in [0.05, 0.1) is 5.69 Å². The third-order valence-electron chi connectivity index (χ3n) is 2.12. The van der Waals surface area contributed by atoms with Crippen molar-refractivity contribution in [3.63, 3.8) is 0 Å². The molecular weight excluding hydrogens is 192 g/mol. The van der Waals surface area contributed by atoms with Crippen LogP contribution in [-0.4, -0.2) is 21.1 Å². The number of benzene rings is 1. The second kappa shape index (κ2) is 4.02. The van der Waals surface area contributed by atoms with E-state index in [0.29, 0.717) is 12.8 Å². The van der Waals surface area contributed by atoms with E-state index in [4.69, 9.17) is 5.73 Å². The molecule has 0 saturated heterocycles. The van der Waals surface area contributed by atoms with Gasteiger partial charge in [-0.2, -0.15) is 5.10 Å². The summed E-state index contributed by atoms with van der Waals surface area (Å²) >= 11 is 0. The van der Waals surface area contributed by atoms with Crippen molar-refractivity contribution in [2.45, 2.75) is 6.54 Å². The standard InChI is InChI=1S/C10H10N4O/c11-5-8-3-1-2-4-9(8)14-10(6-15)12-7-13-14/h1-4,6-7H,5,11H2. The molecule has 15 heavy (non-hydrogen) atoms. The number of para-hydroxylation sites is 1. The van der Waals surface area contributed by atoms with Gasteiger partial charge in [0.1, 0.15) is 6.33 Å². The lowest BCUT2D eigenvalue weighted by Gasteiger charge is -2.07. The molecule has 0 aliphatic carbocycles. The first-order valence-electron chi connectivity index (χ1n) is 4.50. The van der Waals surface area contributed by atoms with Gasteiger partial charge in [0.2, 0.25) is 0 Å². The maximum atomic E-state index is 10.7. The Labute approximate surface area is 86.5 Å². The van der Waals surface area contributed by atoms with Gasteiger partial charge in [-0.3, -0.25) is 4.79 Å². The molecule has 0 fully saturated rings. The van der Waals surface area contributed by atoms with Crippen molar-refractivity contribution in [3.8, 4) is 5.69 Å². The first kappa shape index (κ1) is 9.54. The molecule has 1 heterocycles. The van der Waals surface area contributed by atoms with Crippen molar-refractivity contribution in [2.24, 2.45) is 5.73 Å². The van der Waals surface area contributed by atoms with Crippen LogP contribution < -0.4 is 5.73 Å². The summed E-state index contributed by atoms with van der Waals surface area (Å²) in [5, 5.41) is 3.98. The van der Waals surface area contributed by atoms with Crippen LogP contribution in [0.2, 0.25) is 0 Å². The Morgan fingerprint density at radius 2 is 2.20 bits per heavy atom. The fourth-order valence-corrected chi connectivity index (χ4v) is 1.41. The quantitative estimate of drug-likeness (QED) is 0.737. The Morgan fingerprint density at radius 1 is 1.40 bits per heavy atom. The molecule has 0 unspecified atom stereocenters. The normalized spacial score (nSPS) is 10.2. The summed E-state index contributed by atoms with van der Waals surface area (Å²) in [6, 6.07) is 7.50. The minimum atomic E-state index is 0.274. The lowest BCUT2D eigenvalue weighted by atomic mass is 10.2. The zero-order valence-electron chi connectivity index (χ0n) is 8.00. The highest BCUT2D eigenvalue weighted by Crippen LogP contribution is 2.13. The van der Waals surface area contributed by atoms with Gasteiger partial charge in [0.25, 0.3) is 0 Å². The number of carbonyl (C=O) groups excluding carboxylic acids is 1. The van der Waals surface area contributed by atoms with E-state index in [0.717, 1.165) is 11.3 Å². The number of aromatic nitrogens is 3. The Morgan fingerprint density at radius 3 is 2.93 bits per heavy atom. The third-order valence-corrected chi connectivity index (χ3v) is 2.12. The molecular formula is C10H10N4O. The zero-order chi connectivity index (χ0) is 10.7. The Kier molecular flexibility index (Phi) is 2.55. The van der Waals surface area contributed by atoms with Crippen molar-refractivity contribution in [1.29, 1.82) is 0 Å². The highest BCUT2D eigenvalue weighted by molar-refractivity contribution is 5.70. The number of hydrogen-bond donors (Lipinski definition) is 1. The van der Waals surface area contributed by atoms with Crippen LogP contribution in [0.25, 0.3) is 5.69 Å². The summed E-state index contributed by atoms with van der Waals surface area (Å²) in [7, 11) is 0. The largest absolute Gasteiger partial charge is 0.326 e. The molecule has 2 aromatic rings. The number of hydrogen-bond acceptors (Lipinski definition) is 4. The Hall–Kier alpha value is -2.01. The molecule has 1 aromatic heterocycles. The lowest BCUT2D eigenvalue weighted by Crippen LogP contribution is -2.08. The summed E-state index contributed by atoms with van der Waals surface area (Å²) in [5.41, 5.74) is 7.31. The van der Waals surface area contributed by atoms with Crippen LogP contribution in [0.3, 0.4) is 0 Å². The Balaban J connectivity index is 2.58. The first-order valence-corrected chi connectivity index (χ1v) is 4.50. The number of nitrogens with zero attached hydrogens (tertiary/aromatic N) is 3. The SMILES string of the molecule is NCc1ccccc1-n1ncnc1C=O. The van der Waals surface area contributed by atoms with Crippen LogP contribution in [0.15, 0.2) is 30.6 Å². The van der Waals surface area contributed by atoms with E-state index in [1.54, 1.807) is 0 Å². The topological polar surface area (TPSA) is 73.8 Å². The number of aldehydes is 1. The molecule has 0 radical (unpaired) electrons. The predicted octanol–water partition coefficient (Wildman–Crippen LogP) is 0.538. The van der Waals surface area contributed by atoms with Crippen molar-refractivity contribution >= 4 is 6.29 Å². The van der Waals surface area contributed by atoms with Crippen LogP contribution in [0, 0.1) is 0 Å². The smallest absolute Gasteiger partial charge is 0.196 e. The first-order chi connectivity index (χ1) is 7.36. The van der Waals surface area contributed by atoms with Gasteiger partial charge in [0, 0.05) is 6.54 Å². The zero-order valence-corrected chi connectivity index (χ0v) is 8.00. The number of rotatable bonds is 3. The van der Waals surface area contributed by atoms with Gasteiger partial charge in [-0.1, -0.05) is 18.2 Å². The number of carbonyl (C=O) groups is 1. The van der Waals surface area contributed by atoms with Gasteiger partial charge >= 0.3 is 0 Å². The van der Waals surface area contributed by atoms with E-state index >= 15 is 0 Å². The van der Waals surface area contributed by atoms with Gasteiger partial charge in [-0.25, -0.2) is 9.67 Å². The predicted molar refractivity (Wildman–Crippen MR) is 54.6 cm³/mol. The maximum absolute atomic E-state index is 10.7. The molecule has 76 valence electrons. The van der Waals surface area contributed by atoms with E-state index in [1.807, 2.05) is 24.3 Å². The summed E-state index contributed by atoms with van der Waals surface area (Å²) in [5.74, 6) is 0.274. The van der Waals surface area contributed by atoms with Crippen molar-refractivity contribution in [1.82, 2.24) is 14.8 Å². The summed E-state index contributed by atoms with van der Waals surface area (Å²) in [6.07, 6.45) is 2.01. The molecule has 5 heteroatoms. The summed E-state index contributed by atoms with van der Waals surface area (Å²) in [6.45, 7) is 0.397. The van der Waals surface area contributed by atoms with E-state index < -0.39 is 0 Å². The van der Waals surface area contributed by atoms with Gasteiger partial charge in [-0.15, -0.1) is 0 Å². The third kappa shape index (κ3) is 1.64. The minimum absolute atomic E-state index is 0.274. The second-order valence-electron chi connectivity index (χ2n) is 2.98. The average molecular weight is 202 g/mol. The van der Waals surface area contributed by atoms with E-state index in [2.05, 4.69) is 10.1 Å². The van der Waals surface area contributed by atoms with E-state index in [-0.39, 0.29) is 5.82 Å². The van der Waals surface area contributed by atoms with Crippen LogP contribution in [0.4, 0.5) is 0 Å². The lowest BCUT2D eigenvalue weighted by molar-refractivity contribution is 0.111. The van der Waals surface area contributed by atoms with Crippen LogP contribution in [0.5, 0.6) is 0 Å². The molecule has 2 rings (SSSR count). The molecule has 0 amide bonds. The highest BCUT2D eigenvalue weighted by Gasteiger charge is 2.08. The average Bonchev–Trinajstić information content (AvgIpc) is 2.76. The molecule has 0 atom stereocenters. The van der Waals surface area contributed by atoms with Crippen LogP contribution in [-0.2, 0) is 6.54 Å². The second-order valence-corrected chi connectivity index (χ2v) is 2.98. The minimum Gasteiger partial charge on any atom is -0.326 e. The Bertz CT molecular complexity index is 478. The molecule has 0 spiro atoms. The van der Waals surface area contributed by atoms with E-state index in [1.165, 1.54) is 11.0 Å². The molecule has 5 nitrogen and oxygen atoms in total. The molecule has 0 aliphatic heterocycles. The monoisotopic (exact) mass is 202 g/mol. The van der Waals surface area contributed by atoms with Crippen LogP contribution in [0.1, 0.15) is 16.2 Å². The van der Waals surface area contributed by atoms with Crippen LogP contribution >= 0.6 is 0 Å². The highest BCUT2D eigenvalue weighted by atomic mass is 16.1. The van der Waals surface area contributed by atoms with Gasteiger partial charge in [0.15, 0.2) is 12.1 Å². The van der Waals surface area contributed by atoms with Crippen molar-refractivity contribution in [3.05, 3.63) is 42.0 Å². The van der Waals surface area contributed by atoms with Gasteiger partial charge in [-0.05, 0) is 11.6 Å². The molecule has 1 aromatic carbocycles. The van der Waals surface area contributed by atoms with E-state index in [9.17, 15) is 4.79 Å². The molecule has 0 saturated carbocycles. The number of nitrogens with two attached hydrogens (primary N) is 1. The molecule has 0 bridgehead atoms. The maximum Gasteiger partial charge on any atom is 0.196 e. The molecule has 2 N–H and O–H groups in total. The summed E-state index contributed by atoms with van der Waals surface area (Å²) in [4.78, 5) is 14.5. The summed E-state index contributed by atoms with van der Waals surface area (Å²) < 4.78 is 1.48. The molecule has 0 aliphatic rings. The van der Waals surface area contributed by atoms with Crippen molar-refractivity contribution in [2.75, 3.05) is 0 Å². The fourth-order valence-electron chi connectivity index (χ4n) is 1.41. The van der Waals surface area contributed by atoms with Gasteiger partial charge < -0.3 is 5.73 Å². The fraction of sp³-hybridized carbons (Fsp3) is 0.100.